The number of aromatic nitrogens is 1. The molecule has 0 aliphatic heterocycles. The summed E-state index contributed by atoms with van der Waals surface area (Å²) < 4.78 is 5.17. The Morgan fingerprint density at radius 1 is 1.41 bits per heavy atom. The molecule has 1 saturated carbocycles. The van der Waals surface area contributed by atoms with Crippen molar-refractivity contribution >= 4 is 23.5 Å². The van der Waals surface area contributed by atoms with Gasteiger partial charge in [-0.05, 0) is 31.2 Å². The van der Waals surface area contributed by atoms with Crippen molar-refractivity contribution in [2.24, 2.45) is 11.8 Å². The second-order valence-electron chi connectivity index (χ2n) is 6.16. The average molecular weight is 327 g/mol. The van der Waals surface area contributed by atoms with Crippen LogP contribution in [0.25, 0.3) is 0 Å². The van der Waals surface area contributed by atoms with Gasteiger partial charge in [0, 0.05) is 12.2 Å². The third-order valence-corrected chi connectivity index (χ3v) is 4.77. The van der Waals surface area contributed by atoms with Crippen molar-refractivity contribution in [2.75, 3.05) is 0 Å². The van der Waals surface area contributed by atoms with E-state index in [2.05, 4.69) is 24.1 Å². The third-order valence-electron chi connectivity index (χ3n) is 4.56. The van der Waals surface area contributed by atoms with E-state index < -0.39 is 12.1 Å². The lowest BCUT2D eigenvalue weighted by Gasteiger charge is -2.35. The first-order valence-corrected chi connectivity index (χ1v) is 8.11. The van der Waals surface area contributed by atoms with Crippen molar-refractivity contribution < 1.29 is 14.3 Å². The quantitative estimate of drug-likeness (QED) is 0.835. The summed E-state index contributed by atoms with van der Waals surface area (Å²) in [6.45, 7) is 5.95. The van der Waals surface area contributed by atoms with Gasteiger partial charge >= 0.3 is 5.97 Å². The highest BCUT2D eigenvalue weighted by atomic mass is 35.5. The predicted octanol–water partition coefficient (Wildman–Crippen LogP) is 3.15. The number of hydrogen-bond acceptors (Lipinski definition) is 3. The summed E-state index contributed by atoms with van der Waals surface area (Å²) in [5.41, 5.74) is 0.240. The van der Waals surface area contributed by atoms with Gasteiger partial charge in [0.15, 0.2) is 6.10 Å². The van der Waals surface area contributed by atoms with Crippen molar-refractivity contribution in [1.29, 1.82) is 0 Å². The molecule has 0 unspecified atom stereocenters. The van der Waals surface area contributed by atoms with E-state index in [1.165, 1.54) is 18.7 Å². The Bertz CT molecular complexity index is 543. The summed E-state index contributed by atoms with van der Waals surface area (Å²) in [7, 11) is 0. The SMILES string of the molecule is C[C@H]1[C@@H](C)CCC[C@H]1NC(=O)[C@H](C)OC(=O)c1cc(Cl)c[nH]1. The number of hydrogen-bond donors (Lipinski definition) is 2. The van der Waals surface area contributed by atoms with Crippen molar-refractivity contribution in [3.8, 4) is 0 Å². The summed E-state index contributed by atoms with van der Waals surface area (Å²) >= 11 is 5.74. The summed E-state index contributed by atoms with van der Waals surface area (Å²) in [6, 6.07) is 1.62. The first kappa shape index (κ1) is 16.9. The number of amides is 1. The number of rotatable bonds is 4. The Morgan fingerprint density at radius 3 is 2.77 bits per heavy atom. The van der Waals surface area contributed by atoms with Gasteiger partial charge in [-0.1, -0.05) is 38.3 Å². The van der Waals surface area contributed by atoms with Gasteiger partial charge in [0.25, 0.3) is 5.91 Å². The lowest BCUT2D eigenvalue weighted by molar-refractivity contribution is -0.130. The number of carbonyl (C=O) groups excluding carboxylic acids is 2. The molecule has 1 aromatic heterocycles. The van der Waals surface area contributed by atoms with Gasteiger partial charge in [0.05, 0.1) is 5.02 Å². The zero-order chi connectivity index (χ0) is 16.3. The van der Waals surface area contributed by atoms with Crippen LogP contribution in [0, 0.1) is 11.8 Å². The van der Waals surface area contributed by atoms with Gasteiger partial charge in [-0.15, -0.1) is 0 Å². The molecule has 1 aliphatic carbocycles. The van der Waals surface area contributed by atoms with Crippen LogP contribution in [0.5, 0.6) is 0 Å². The molecule has 1 heterocycles. The van der Waals surface area contributed by atoms with E-state index in [-0.39, 0.29) is 17.6 Å². The van der Waals surface area contributed by atoms with E-state index in [0.29, 0.717) is 16.9 Å². The highest BCUT2D eigenvalue weighted by molar-refractivity contribution is 6.30. The smallest absolute Gasteiger partial charge is 0.355 e. The van der Waals surface area contributed by atoms with E-state index in [1.54, 1.807) is 6.92 Å². The second kappa shape index (κ2) is 7.18. The summed E-state index contributed by atoms with van der Waals surface area (Å²) in [6.07, 6.45) is 3.95. The molecule has 22 heavy (non-hydrogen) atoms. The molecule has 122 valence electrons. The molecule has 1 fully saturated rings. The van der Waals surface area contributed by atoms with Crippen LogP contribution < -0.4 is 5.32 Å². The van der Waals surface area contributed by atoms with E-state index in [4.69, 9.17) is 16.3 Å². The maximum atomic E-state index is 12.2. The van der Waals surface area contributed by atoms with Crippen LogP contribution in [-0.2, 0) is 9.53 Å². The maximum absolute atomic E-state index is 12.2. The number of esters is 1. The van der Waals surface area contributed by atoms with E-state index in [0.717, 1.165) is 12.8 Å². The van der Waals surface area contributed by atoms with Crippen molar-refractivity contribution in [3.63, 3.8) is 0 Å². The molecule has 1 aromatic rings. The summed E-state index contributed by atoms with van der Waals surface area (Å²) in [5, 5.41) is 3.43. The van der Waals surface area contributed by atoms with Gasteiger partial charge in [0.1, 0.15) is 5.69 Å². The van der Waals surface area contributed by atoms with Crippen molar-refractivity contribution in [2.45, 2.75) is 52.2 Å². The zero-order valence-electron chi connectivity index (χ0n) is 13.2. The fourth-order valence-corrected chi connectivity index (χ4v) is 3.01. The van der Waals surface area contributed by atoms with Gasteiger partial charge < -0.3 is 15.0 Å². The van der Waals surface area contributed by atoms with Gasteiger partial charge in [-0.3, -0.25) is 4.79 Å². The topological polar surface area (TPSA) is 71.2 Å². The minimum Gasteiger partial charge on any atom is -0.448 e. The predicted molar refractivity (Wildman–Crippen MR) is 84.8 cm³/mol. The third kappa shape index (κ3) is 4.03. The van der Waals surface area contributed by atoms with E-state index in [9.17, 15) is 9.59 Å². The van der Waals surface area contributed by atoms with Crippen LogP contribution >= 0.6 is 11.6 Å². The van der Waals surface area contributed by atoms with Crippen LogP contribution in [-0.4, -0.2) is 29.0 Å². The second-order valence-corrected chi connectivity index (χ2v) is 6.60. The number of nitrogens with one attached hydrogen (secondary N) is 2. The minimum atomic E-state index is -0.834. The zero-order valence-corrected chi connectivity index (χ0v) is 13.9. The molecule has 0 saturated heterocycles. The molecule has 4 atom stereocenters. The van der Waals surface area contributed by atoms with E-state index >= 15 is 0 Å². The molecule has 0 aromatic carbocycles. The van der Waals surface area contributed by atoms with Gasteiger partial charge in [-0.2, -0.15) is 0 Å². The molecule has 6 heteroatoms. The van der Waals surface area contributed by atoms with Crippen LogP contribution in [0.3, 0.4) is 0 Å². The van der Waals surface area contributed by atoms with E-state index in [1.807, 2.05) is 0 Å². The monoisotopic (exact) mass is 326 g/mol. The molecule has 2 rings (SSSR count). The van der Waals surface area contributed by atoms with Crippen LogP contribution in [0.15, 0.2) is 12.3 Å². The molecule has 5 nitrogen and oxygen atoms in total. The number of ether oxygens (including phenoxy) is 1. The molecule has 1 aliphatic rings. The lowest BCUT2D eigenvalue weighted by atomic mass is 9.78. The van der Waals surface area contributed by atoms with Crippen LogP contribution in [0.2, 0.25) is 5.02 Å². The highest BCUT2D eigenvalue weighted by Crippen LogP contribution is 2.29. The Kier molecular flexibility index (Phi) is 5.51. The van der Waals surface area contributed by atoms with Crippen LogP contribution in [0.1, 0.15) is 50.5 Å². The number of carbonyl (C=O) groups is 2. The Balaban J connectivity index is 1.88. The molecule has 0 bridgehead atoms. The average Bonchev–Trinajstić information content (AvgIpc) is 2.90. The summed E-state index contributed by atoms with van der Waals surface area (Å²) in [4.78, 5) is 26.8. The Hall–Kier alpha value is -1.49. The largest absolute Gasteiger partial charge is 0.448 e. The molecule has 0 spiro atoms. The number of aromatic amines is 1. The fourth-order valence-electron chi connectivity index (χ4n) is 2.85. The summed E-state index contributed by atoms with van der Waals surface area (Å²) in [5.74, 6) is 0.192. The Morgan fingerprint density at radius 2 is 2.14 bits per heavy atom. The number of halogens is 1. The van der Waals surface area contributed by atoms with Crippen molar-refractivity contribution in [1.82, 2.24) is 10.3 Å². The highest BCUT2D eigenvalue weighted by Gasteiger charge is 2.30. The molecular formula is C16H23ClN2O3. The number of H-pyrrole nitrogens is 1. The maximum Gasteiger partial charge on any atom is 0.355 e. The lowest BCUT2D eigenvalue weighted by Crippen LogP contribution is -2.47. The molecule has 0 radical (unpaired) electrons. The van der Waals surface area contributed by atoms with Crippen molar-refractivity contribution in [3.05, 3.63) is 23.0 Å². The standard InChI is InChI=1S/C16H23ClN2O3/c1-9-5-4-6-13(10(9)2)19-15(20)11(3)22-16(21)14-7-12(17)8-18-14/h7-11,13,18H,4-6H2,1-3H3,(H,19,20)/t9-,10-,11-,13+/m0/s1. The first-order valence-electron chi connectivity index (χ1n) is 7.73. The Labute approximate surface area is 135 Å². The molecule has 1 amide bonds. The normalized spacial score (nSPS) is 26.3. The van der Waals surface area contributed by atoms with Gasteiger partial charge in [0.2, 0.25) is 0 Å². The minimum absolute atomic E-state index is 0.150. The molecule has 2 N–H and O–H groups in total. The fraction of sp³-hybridized carbons (Fsp3) is 0.625. The first-order chi connectivity index (χ1) is 10.4. The van der Waals surface area contributed by atoms with Crippen LogP contribution in [0.4, 0.5) is 0 Å². The van der Waals surface area contributed by atoms with Gasteiger partial charge in [-0.25, -0.2) is 4.79 Å². The molecular weight excluding hydrogens is 304 g/mol.